The Kier molecular flexibility index (Phi) is 8.36. The number of nitrogens with one attached hydrogen (secondary N) is 2. The second-order valence-corrected chi connectivity index (χ2v) is 10.5. The van der Waals surface area contributed by atoms with E-state index in [1.165, 1.54) is 22.3 Å². The van der Waals surface area contributed by atoms with Gasteiger partial charge >= 0.3 is 0 Å². The molecule has 2 N–H and O–H groups in total. The first-order chi connectivity index (χ1) is 19.4. The van der Waals surface area contributed by atoms with Gasteiger partial charge in [-0.05, 0) is 123 Å². The summed E-state index contributed by atoms with van der Waals surface area (Å²) >= 11 is 0. The van der Waals surface area contributed by atoms with Gasteiger partial charge in [-0.25, -0.2) is 0 Å². The quantitative estimate of drug-likeness (QED) is 0.241. The van der Waals surface area contributed by atoms with Crippen LogP contribution in [0.2, 0.25) is 0 Å². The molecule has 3 heterocycles. The molecule has 0 saturated carbocycles. The zero-order valence-corrected chi connectivity index (χ0v) is 23.7. The van der Waals surface area contributed by atoms with Crippen molar-refractivity contribution in [1.82, 2.24) is 0 Å². The van der Waals surface area contributed by atoms with E-state index in [0.29, 0.717) is 0 Å². The van der Waals surface area contributed by atoms with Crippen molar-refractivity contribution in [2.24, 2.45) is 9.98 Å². The highest BCUT2D eigenvalue weighted by Gasteiger charge is 2.03. The van der Waals surface area contributed by atoms with E-state index in [-0.39, 0.29) is 0 Å². The Morgan fingerprint density at radius 3 is 1.30 bits per heavy atom. The highest BCUT2D eigenvalue weighted by Crippen LogP contribution is 2.22. The summed E-state index contributed by atoms with van der Waals surface area (Å²) in [5.41, 5.74) is 13.1. The minimum Gasteiger partial charge on any atom is -0.359 e. The van der Waals surface area contributed by atoms with E-state index in [2.05, 4.69) is 134 Å². The predicted octanol–water partition coefficient (Wildman–Crippen LogP) is 9.40. The van der Waals surface area contributed by atoms with Crippen molar-refractivity contribution in [3.8, 4) is 0 Å². The van der Waals surface area contributed by atoms with Crippen molar-refractivity contribution in [2.45, 2.75) is 40.5 Å². The third-order valence-corrected chi connectivity index (χ3v) is 6.69. The summed E-state index contributed by atoms with van der Waals surface area (Å²) < 4.78 is 0. The van der Waals surface area contributed by atoms with E-state index < -0.39 is 0 Å². The van der Waals surface area contributed by atoms with Crippen LogP contribution in [-0.4, -0.2) is 11.4 Å². The fourth-order valence-corrected chi connectivity index (χ4v) is 4.99. The van der Waals surface area contributed by atoms with Gasteiger partial charge in [-0.15, -0.1) is 0 Å². The standard InChI is InChI=1S/C36H36N4/c1-25-19-27(3)39-35-9-5-7-31(23-35)22-32-8-6-10-36(24-32)40-28(4)20-26(2)38-34-17-13-30(14-18-34)21-29-11-15-33(37-25)16-12-29/h5-20,23-24,39-40H,21-22H2,1-4H3. The number of benzene rings is 4. The lowest BCUT2D eigenvalue weighted by atomic mass is 10.0. The van der Waals surface area contributed by atoms with E-state index in [4.69, 9.17) is 9.98 Å². The molecule has 0 spiro atoms. The van der Waals surface area contributed by atoms with Crippen LogP contribution in [0.3, 0.4) is 0 Å². The van der Waals surface area contributed by atoms with Gasteiger partial charge in [0.25, 0.3) is 0 Å². The van der Waals surface area contributed by atoms with E-state index in [1.54, 1.807) is 0 Å². The molecular formula is C36H36N4. The summed E-state index contributed by atoms with van der Waals surface area (Å²) in [6.45, 7) is 8.22. The molecule has 40 heavy (non-hydrogen) atoms. The van der Waals surface area contributed by atoms with Crippen molar-refractivity contribution >= 4 is 34.2 Å². The lowest BCUT2D eigenvalue weighted by Crippen LogP contribution is -2.00. The molecule has 4 nitrogen and oxygen atoms in total. The van der Waals surface area contributed by atoms with Gasteiger partial charge in [-0.2, -0.15) is 0 Å². The van der Waals surface area contributed by atoms with Crippen LogP contribution in [0.1, 0.15) is 49.9 Å². The Bertz CT molecular complexity index is 1480. The van der Waals surface area contributed by atoms with Crippen LogP contribution in [-0.2, 0) is 12.8 Å². The molecule has 0 radical (unpaired) electrons. The first-order valence-corrected chi connectivity index (χ1v) is 13.7. The molecule has 200 valence electrons. The molecule has 0 aliphatic carbocycles. The maximum atomic E-state index is 4.80. The van der Waals surface area contributed by atoms with Gasteiger partial charge in [0.1, 0.15) is 0 Å². The summed E-state index contributed by atoms with van der Waals surface area (Å²) in [4.78, 5) is 9.61. The fourth-order valence-electron chi connectivity index (χ4n) is 4.99. The lowest BCUT2D eigenvalue weighted by Gasteiger charge is -2.11. The van der Waals surface area contributed by atoms with Gasteiger partial charge in [-0.1, -0.05) is 48.5 Å². The fraction of sp³-hybridized carbons (Fsp3) is 0.167. The van der Waals surface area contributed by atoms with Crippen molar-refractivity contribution in [3.63, 3.8) is 0 Å². The van der Waals surface area contributed by atoms with Crippen molar-refractivity contribution in [2.75, 3.05) is 10.6 Å². The molecule has 0 atom stereocenters. The molecular weight excluding hydrogens is 488 g/mol. The van der Waals surface area contributed by atoms with Crippen LogP contribution in [0.4, 0.5) is 22.7 Å². The highest BCUT2D eigenvalue weighted by molar-refractivity contribution is 5.96. The molecule has 7 rings (SSSR count). The number of fused-ring (bicyclic) bond motifs is 2. The minimum atomic E-state index is 0.851. The first kappa shape index (κ1) is 26.9. The number of anilines is 2. The SMILES string of the molecule is CC1=CC(C)=Nc2ccc(cc2)Cc2ccc(cc2)N=C(C)C=C(C)Nc2cccc(c2)Cc2cccc(c2)N1. The summed E-state index contributed by atoms with van der Waals surface area (Å²) in [5.74, 6) is 0. The van der Waals surface area contributed by atoms with Gasteiger partial charge in [0, 0.05) is 34.2 Å². The van der Waals surface area contributed by atoms with Gasteiger partial charge in [0.05, 0.1) is 11.4 Å². The molecule has 4 heteroatoms. The second kappa shape index (κ2) is 12.4. The van der Waals surface area contributed by atoms with Crippen molar-refractivity contribution in [1.29, 1.82) is 0 Å². The number of aliphatic imine (C=N–C) groups is 2. The third-order valence-electron chi connectivity index (χ3n) is 6.69. The molecule has 0 fully saturated rings. The number of nitrogens with zero attached hydrogens (tertiary/aromatic N) is 2. The van der Waals surface area contributed by atoms with Gasteiger partial charge in [0.2, 0.25) is 0 Å². The first-order valence-electron chi connectivity index (χ1n) is 13.7. The number of allylic oxidation sites excluding steroid dienone is 4. The van der Waals surface area contributed by atoms with Crippen LogP contribution in [0.15, 0.2) is 131 Å². The van der Waals surface area contributed by atoms with Gasteiger partial charge in [0.15, 0.2) is 0 Å². The number of rotatable bonds is 0. The van der Waals surface area contributed by atoms with Crippen molar-refractivity contribution < 1.29 is 0 Å². The van der Waals surface area contributed by atoms with E-state index in [1.807, 2.05) is 13.8 Å². The minimum absolute atomic E-state index is 0.851. The van der Waals surface area contributed by atoms with Gasteiger partial charge in [-0.3, -0.25) is 9.98 Å². The molecule has 0 aromatic heterocycles. The molecule has 3 aliphatic rings. The largest absolute Gasteiger partial charge is 0.359 e. The molecule has 4 aromatic rings. The summed E-state index contributed by atoms with van der Waals surface area (Å²) in [5, 5.41) is 7.06. The number of hydrogen-bond acceptors (Lipinski definition) is 4. The lowest BCUT2D eigenvalue weighted by molar-refractivity contribution is 1.19. The molecule has 0 saturated heterocycles. The molecule has 0 amide bonds. The third kappa shape index (κ3) is 7.67. The Hall–Kier alpha value is -4.70. The maximum absolute atomic E-state index is 4.80. The van der Waals surface area contributed by atoms with Crippen LogP contribution in [0, 0.1) is 0 Å². The number of hydrogen-bond donors (Lipinski definition) is 2. The molecule has 4 aromatic carbocycles. The van der Waals surface area contributed by atoms with Crippen LogP contribution in [0.5, 0.6) is 0 Å². The van der Waals surface area contributed by atoms with Crippen LogP contribution in [0.25, 0.3) is 0 Å². The second-order valence-electron chi connectivity index (χ2n) is 10.5. The monoisotopic (exact) mass is 524 g/mol. The zero-order chi connectivity index (χ0) is 27.9. The van der Waals surface area contributed by atoms with Gasteiger partial charge < -0.3 is 10.6 Å². The molecule has 3 aliphatic heterocycles. The molecule has 0 unspecified atom stereocenters. The average molecular weight is 525 g/mol. The van der Waals surface area contributed by atoms with Crippen LogP contribution >= 0.6 is 0 Å². The smallest absolute Gasteiger partial charge is 0.0633 e. The zero-order valence-electron chi connectivity index (χ0n) is 23.7. The topological polar surface area (TPSA) is 48.8 Å². The molecule has 8 bridgehead atoms. The van der Waals surface area contributed by atoms with Crippen LogP contribution < -0.4 is 10.6 Å². The Morgan fingerprint density at radius 2 is 0.875 bits per heavy atom. The van der Waals surface area contributed by atoms with E-state index in [0.717, 1.165) is 58.4 Å². The van der Waals surface area contributed by atoms with E-state index >= 15 is 0 Å². The Labute approximate surface area is 237 Å². The Morgan fingerprint density at radius 1 is 0.475 bits per heavy atom. The highest BCUT2D eigenvalue weighted by atomic mass is 14.9. The average Bonchev–Trinajstić information content (AvgIpc) is 2.90. The van der Waals surface area contributed by atoms with E-state index in [9.17, 15) is 0 Å². The van der Waals surface area contributed by atoms with Crippen molar-refractivity contribution in [3.05, 3.63) is 143 Å². The summed E-state index contributed by atoms with van der Waals surface area (Å²) in [6.07, 6.45) is 5.89. The maximum Gasteiger partial charge on any atom is 0.0633 e. The summed E-state index contributed by atoms with van der Waals surface area (Å²) in [6, 6.07) is 34.1. The predicted molar refractivity (Wildman–Crippen MR) is 172 cm³/mol. The Balaban J connectivity index is 1.47. The summed E-state index contributed by atoms with van der Waals surface area (Å²) in [7, 11) is 0. The normalized spacial score (nSPS) is 14.3.